The van der Waals surface area contributed by atoms with Crippen LogP contribution in [0.3, 0.4) is 0 Å². The molecule has 1 rings (SSSR count). The number of hydrogen-bond donors (Lipinski definition) is 0. The van der Waals surface area contributed by atoms with E-state index in [1.165, 1.54) is 70.6 Å². The molecule has 150 valence electrons. The summed E-state index contributed by atoms with van der Waals surface area (Å²) in [6.07, 6.45) is 21.4. The SMILES string of the molecule is CCCCCCCC/C=C\C(CCCCCCC)Oc1ccc(C#N)cc1. The van der Waals surface area contributed by atoms with Crippen LogP contribution >= 0.6 is 0 Å². The Morgan fingerprint density at radius 1 is 0.852 bits per heavy atom. The van der Waals surface area contributed by atoms with Gasteiger partial charge < -0.3 is 4.74 Å². The molecule has 0 heterocycles. The van der Waals surface area contributed by atoms with Crippen LogP contribution in [-0.2, 0) is 0 Å². The first-order valence-corrected chi connectivity index (χ1v) is 11.1. The molecule has 0 aliphatic rings. The lowest BCUT2D eigenvalue weighted by atomic mass is 10.1. The van der Waals surface area contributed by atoms with Gasteiger partial charge in [0.2, 0.25) is 0 Å². The first-order valence-electron chi connectivity index (χ1n) is 11.1. The molecule has 0 aliphatic carbocycles. The first-order chi connectivity index (χ1) is 13.3. The summed E-state index contributed by atoms with van der Waals surface area (Å²) in [6, 6.07) is 9.63. The minimum absolute atomic E-state index is 0.139. The molecule has 0 aliphatic heterocycles. The van der Waals surface area contributed by atoms with Crippen LogP contribution in [0.1, 0.15) is 103 Å². The molecule has 0 bridgehead atoms. The number of benzene rings is 1. The van der Waals surface area contributed by atoms with E-state index in [4.69, 9.17) is 10.00 Å². The average Bonchev–Trinajstić information content (AvgIpc) is 2.70. The summed E-state index contributed by atoms with van der Waals surface area (Å²) in [7, 11) is 0. The Bertz CT molecular complexity index is 526. The highest BCUT2D eigenvalue weighted by molar-refractivity contribution is 5.34. The zero-order valence-electron chi connectivity index (χ0n) is 17.6. The molecule has 0 N–H and O–H groups in total. The normalized spacial score (nSPS) is 12.2. The van der Waals surface area contributed by atoms with Gasteiger partial charge in [0.1, 0.15) is 11.9 Å². The number of allylic oxidation sites excluding steroid dienone is 1. The Kier molecular flexibility index (Phi) is 14.2. The molecule has 0 fully saturated rings. The Hall–Kier alpha value is -1.75. The minimum Gasteiger partial charge on any atom is -0.486 e. The van der Waals surface area contributed by atoms with Gasteiger partial charge in [-0.15, -0.1) is 0 Å². The second-order valence-electron chi connectivity index (χ2n) is 7.48. The van der Waals surface area contributed by atoms with E-state index < -0.39 is 0 Å². The fraction of sp³-hybridized carbons (Fsp3) is 0.640. The fourth-order valence-corrected chi connectivity index (χ4v) is 3.22. The van der Waals surface area contributed by atoms with E-state index in [0.717, 1.165) is 18.6 Å². The van der Waals surface area contributed by atoms with Crippen LogP contribution in [0.4, 0.5) is 0 Å². The van der Waals surface area contributed by atoms with Gasteiger partial charge in [-0.05, 0) is 56.0 Å². The number of hydrogen-bond acceptors (Lipinski definition) is 2. The summed E-state index contributed by atoms with van der Waals surface area (Å²) in [5.41, 5.74) is 0.678. The van der Waals surface area contributed by atoms with Crippen molar-refractivity contribution in [1.29, 1.82) is 5.26 Å². The lowest BCUT2D eigenvalue weighted by molar-refractivity contribution is 0.233. The van der Waals surface area contributed by atoms with Gasteiger partial charge in [0.25, 0.3) is 0 Å². The van der Waals surface area contributed by atoms with Gasteiger partial charge in [0.15, 0.2) is 0 Å². The zero-order valence-corrected chi connectivity index (χ0v) is 17.6. The molecule has 0 saturated heterocycles. The van der Waals surface area contributed by atoms with E-state index in [1.54, 1.807) is 0 Å². The third kappa shape index (κ3) is 12.3. The van der Waals surface area contributed by atoms with E-state index in [2.05, 4.69) is 32.1 Å². The van der Waals surface area contributed by atoms with E-state index >= 15 is 0 Å². The van der Waals surface area contributed by atoms with Gasteiger partial charge in [0.05, 0.1) is 11.6 Å². The highest BCUT2D eigenvalue weighted by Gasteiger charge is 2.07. The molecular formula is C25H39NO. The summed E-state index contributed by atoms with van der Waals surface area (Å²) in [6.45, 7) is 4.51. The van der Waals surface area contributed by atoms with Crippen molar-refractivity contribution in [2.45, 2.75) is 103 Å². The quantitative estimate of drug-likeness (QED) is 0.218. The topological polar surface area (TPSA) is 33.0 Å². The number of unbranched alkanes of at least 4 members (excludes halogenated alkanes) is 10. The summed E-state index contributed by atoms with van der Waals surface area (Å²) in [4.78, 5) is 0. The standard InChI is InChI=1S/C25H39NO/c1-3-5-7-9-10-11-13-15-17-24(16-14-12-8-6-4-2)27-25-20-18-23(22-26)19-21-25/h15,17-21,24H,3-14,16H2,1-2H3/b17-15-. The van der Waals surface area contributed by atoms with Crippen molar-refractivity contribution in [2.75, 3.05) is 0 Å². The molecule has 27 heavy (non-hydrogen) atoms. The van der Waals surface area contributed by atoms with Gasteiger partial charge >= 0.3 is 0 Å². The van der Waals surface area contributed by atoms with Crippen molar-refractivity contribution >= 4 is 0 Å². The Morgan fingerprint density at radius 2 is 1.44 bits per heavy atom. The van der Waals surface area contributed by atoms with Crippen LogP contribution < -0.4 is 4.74 Å². The summed E-state index contributed by atoms with van der Waals surface area (Å²) in [5.74, 6) is 0.858. The maximum atomic E-state index is 8.93. The molecule has 2 heteroatoms. The van der Waals surface area contributed by atoms with Gasteiger partial charge in [-0.1, -0.05) is 77.7 Å². The molecular weight excluding hydrogens is 330 g/mol. The second-order valence-corrected chi connectivity index (χ2v) is 7.48. The Morgan fingerprint density at radius 3 is 2.07 bits per heavy atom. The maximum Gasteiger partial charge on any atom is 0.120 e. The lowest BCUT2D eigenvalue weighted by Gasteiger charge is -2.16. The summed E-state index contributed by atoms with van der Waals surface area (Å²) < 4.78 is 6.18. The Balaban J connectivity index is 2.41. The fourth-order valence-electron chi connectivity index (χ4n) is 3.22. The number of ether oxygens (including phenoxy) is 1. The lowest BCUT2D eigenvalue weighted by Crippen LogP contribution is -2.13. The smallest absolute Gasteiger partial charge is 0.120 e. The molecule has 0 saturated carbocycles. The molecule has 1 aromatic carbocycles. The van der Waals surface area contributed by atoms with Crippen LogP contribution in [0.15, 0.2) is 36.4 Å². The highest BCUT2D eigenvalue weighted by atomic mass is 16.5. The zero-order chi connectivity index (χ0) is 19.6. The largest absolute Gasteiger partial charge is 0.486 e. The van der Waals surface area contributed by atoms with Crippen LogP contribution in [0.2, 0.25) is 0 Å². The first kappa shape index (κ1) is 23.3. The molecule has 1 unspecified atom stereocenters. The van der Waals surface area contributed by atoms with E-state index in [9.17, 15) is 0 Å². The van der Waals surface area contributed by atoms with Gasteiger partial charge in [0, 0.05) is 0 Å². The predicted molar refractivity (Wildman–Crippen MR) is 116 cm³/mol. The minimum atomic E-state index is 0.139. The third-order valence-corrected chi connectivity index (χ3v) is 4.94. The van der Waals surface area contributed by atoms with Crippen LogP contribution in [0, 0.1) is 11.3 Å². The van der Waals surface area contributed by atoms with Crippen molar-refractivity contribution in [3.63, 3.8) is 0 Å². The molecule has 0 amide bonds. The molecule has 1 aromatic rings. The molecule has 2 nitrogen and oxygen atoms in total. The van der Waals surface area contributed by atoms with Crippen LogP contribution in [-0.4, -0.2) is 6.10 Å². The summed E-state index contributed by atoms with van der Waals surface area (Å²) >= 11 is 0. The number of rotatable bonds is 16. The maximum absolute atomic E-state index is 8.93. The van der Waals surface area contributed by atoms with Crippen LogP contribution in [0.5, 0.6) is 5.75 Å². The number of nitrogens with zero attached hydrogens (tertiary/aromatic N) is 1. The Labute approximate surface area is 167 Å². The van der Waals surface area contributed by atoms with Crippen LogP contribution in [0.25, 0.3) is 0 Å². The average molecular weight is 370 g/mol. The second kappa shape index (κ2) is 16.4. The van der Waals surface area contributed by atoms with E-state index in [0.29, 0.717) is 5.56 Å². The van der Waals surface area contributed by atoms with Crippen molar-refractivity contribution in [3.8, 4) is 11.8 Å². The predicted octanol–water partition coefficient (Wildman–Crippen LogP) is 7.97. The van der Waals surface area contributed by atoms with Gasteiger partial charge in [-0.2, -0.15) is 5.26 Å². The molecule has 0 spiro atoms. The van der Waals surface area contributed by atoms with Crippen molar-refractivity contribution in [2.24, 2.45) is 0 Å². The molecule has 0 aromatic heterocycles. The van der Waals surface area contributed by atoms with Crippen molar-refractivity contribution in [1.82, 2.24) is 0 Å². The molecule has 0 radical (unpaired) electrons. The summed E-state index contributed by atoms with van der Waals surface area (Å²) in [5, 5.41) is 8.93. The van der Waals surface area contributed by atoms with Gasteiger partial charge in [-0.3, -0.25) is 0 Å². The highest BCUT2D eigenvalue weighted by Crippen LogP contribution is 2.18. The van der Waals surface area contributed by atoms with Crippen molar-refractivity contribution < 1.29 is 4.74 Å². The third-order valence-electron chi connectivity index (χ3n) is 4.94. The van der Waals surface area contributed by atoms with Crippen molar-refractivity contribution in [3.05, 3.63) is 42.0 Å². The monoisotopic (exact) mass is 369 g/mol. The molecule has 1 atom stereocenters. The van der Waals surface area contributed by atoms with E-state index in [1.807, 2.05) is 24.3 Å². The van der Waals surface area contributed by atoms with Gasteiger partial charge in [-0.25, -0.2) is 0 Å². The van der Waals surface area contributed by atoms with E-state index in [-0.39, 0.29) is 6.10 Å². The number of nitriles is 1.